The zero-order chi connectivity index (χ0) is 7.40. The molecular weight excluding hydrogens is 132 g/mol. The van der Waals surface area contributed by atoms with Crippen LogP contribution in [-0.2, 0) is 14.5 Å². The molecule has 2 unspecified atom stereocenters. The van der Waals surface area contributed by atoms with Gasteiger partial charge in [-0.2, -0.15) is 0 Å². The molecule has 60 valence electrons. The Bertz CT molecular complexity index is 94.9. The molecule has 0 bridgehead atoms. The van der Waals surface area contributed by atoms with Gasteiger partial charge >= 0.3 is 0 Å². The zero-order valence-electron chi connectivity index (χ0n) is 6.50. The first-order valence-electron chi connectivity index (χ1n) is 3.64. The fraction of sp³-hybridized carbons (Fsp3) is 1.00. The van der Waals surface area contributed by atoms with Crippen molar-refractivity contribution in [2.24, 2.45) is 0 Å². The molecule has 0 aromatic heterocycles. The van der Waals surface area contributed by atoms with Gasteiger partial charge in [-0.15, -0.1) is 0 Å². The van der Waals surface area contributed by atoms with Crippen molar-refractivity contribution in [3.63, 3.8) is 0 Å². The molecular formula is C7H14O3. The van der Waals surface area contributed by atoms with Crippen molar-refractivity contribution in [3.05, 3.63) is 0 Å². The molecule has 0 aromatic carbocycles. The van der Waals surface area contributed by atoms with Gasteiger partial charge < -0.3 is 4.74 Å². The van der Waals surface area contributed by atoms with Gasteiger partial charge in [0.15, 0.2) is 0 Å². The first-order chi connectivity index (χ1) is 4.83. The van der Waals surface area contributed by atoms with E-state index in [1.165, 1.54) is 0 Å². The van der Waals surface area contributed by atoms with Gasteiger partial charge in [0, 0.05) is 26.6 Å². The van der Waals surface area contributed by atoms with Crippen molar-refractivity contribution in [3.8, 4) is 0 Å². The molecule has 3 nitrogen and oxygen atoms in total. The molecule has 1 rings (SSSR count). The van der Waals surface area contributed by atoms with E-state index in [9.17, 15) is 0 Å². The van der Waals surface area contributed by atoms with Gasteiger partial charge in [0.05, 0.1) is 12.2 Å². The third kappa shape index (κ3) is 2.25. The van der Waals surface area contributed by atoms with Crippen molar-refractivity contribution >= 4 is 0 Å². The highest BCUT2D eigenvalue weighted by atomic mass is 17.2. The van der Waals surface area contributed by atoms with Crippen LogP contribution in [0.2, 0.25) is 0 Å². The largest absolute Gasteiger partial charge is 0.385 e. The van der Waals surface area contributed by atoms with Crippen LogP contribution in [-0.4, -0.2) is 25.9 Å². The standard InChI is InChI=1S/C7H14O3/c1-6-5-7(10-9-6)3-4-8-2/h6-7H,3-5H2,1-2H3. The smallest absolute Gasteiger partial charge is 0.0977 e. The molecule has 1 heterocycles. The van der Waals surface area contributed by atoms with Gasteiger partial charge in [-0.1, -0.05) is 0 Å². The van der Waals surface area contributed by atoms with Crippen LogP contribution in [0, 0.1) is 0 Å². The summed E-state index contributed by atoms with van der Waals surface area (Å²) >= 11 is 0. The Morgan fingerprint density at radius 1 is 1.50 bits per heavy atom. The molecule has 1 aliphatic rings. The number of rotatable bonds is 3. The van der Waals surface area contributed by atoms with Crippen molar-refractivity contribution in [1.29, 1.82) is 0 Å². The minimum Gasteiger partial charge on any atom is -0.385 e. The molecule has 1 aliphatic heterocycles. The summed E-state index contributed by atoms with van der Waals surface area (Å²) in [7, 11) is 1.69. The normalized spacial score (nSPS) is 33.0. The van der Waals surface area contributed by atoms with E-state index in [1.807, 2.05) is 6.92 Å². The highest BCUT2D eigenvalue weighted by Gasteiger charge is 2.22. The minimum absolute atomic E-state index is 0.245. The molecule has 0 radical (unpaired) electrons. The van der Waals surface area contributed by atoms with Crippen molar-refractivity contribution in [1.82, 2.24) is 0 Å². The molecule has 0 N–H and O–H groups in total. The summed E-state index contributed by atoms with van der Waals surface area (Å²) < 4.78 is 4.90. The van der Waals surface area contributed by atoms with Gasteiger partial charge in [-0.05, 0) is 6.92 Å². The van der Waals surface area contributed by atoms with E-state index in [0.717, 1.165) is 19.4 Å². The molecule has 0 amide bonds. The molecule has 0 saturated carbocycles. The lowest BCUT2D eigenvalue weighted by molar-refractivity contribution is -0.294. The number of methoxy groups -OCH3 is 1. The maximum Gasteiger partial charge on any atom is 0.0977 e. The molecule has 1 fully saturated rings. The maximum atomic E-state index is 4.99. The van der Waals surface area contributed by atoms with Crippen LogP contribution in [0.1, 0.15) is 19.8 Å². The second-order valence-corrected chi connectivity index (χ2v) is 2.64. The molecule has 0 aliphatic carbocycles. The lowest BCUT2D eigenvalue weighted by atomic mass is 10.1. The number of hydrogen-bond acceptors (Lipinski definition) is 3. The van der Waals surface area contributed by atoms with E-state index in [4.69, 9.17) is 14.5 Å². The molecule has 3 heteroatoms. The van der Waals surface area contributed by atoms with Crippen LogP contribution in [0.3, 0.4) is 0 Å². The fourth-order valence-electron chi connectivity index (χ4n) is 1.04. The summed E-state index contributed by atoms with van der Waals surface area (Å²) in [5, 5.41) is 0. The Morgan fingerprint density at radius 3 is 2.80 bits per heavy atom. The Balaban J connectivity index is 2.06. The summed E-state index contributed by atoms with van der Waals surface area (Å²) in [6, 6.07) is 0. The highest BCUT2D eigenvalue weighted by molar-refractivity contribution is 4.64. The van der Waals surface area contributed by atoms with Gasteiger partial charge in [-0.3, -0.25) is 0 Å². The second kappa shape index (κ2) is 3.91. The van der Waals surface area contributed by atoms with Crippen LogP contribution in [0.25, 0.3) is 0 Å². The van der Waals surface area contributed by atoms with E-state index in [-0.39, 0.29) is 12.2 Å². The Hall–Kier alpha value is -0.120. The van der Waals surface area contributed by atoms with Crippen LogP contribution in [0.15, 0.2) is 0 Å². The average Bonchev–Trinajstić information content (AvgIpc) is 2.31. The first-order valence-corrected chi connectivity index (χ1v) is 3.64. The molecule has 1 saturated heterocycles. The van der Waals surface area contributed by atoms with Gasteiger partial charge in [-0.25, -0.2) is 9.78 Å². The van der Waals surface area contributed by atoms with E-state index >= 15 is 0 Å². The van der Waals surface area contributed by atoms with Gasteiger partial charge in [0.2, 0.25) is 0 Å². The van der Waals surface area contributed by atoms with Crippen molar-refractivity contribution in [2.75, 3.05) is 13.7 Å². The second-order valence-electron chi connectivity index (χ2n) is 2.64. The van der Waals surface area contributed by atoms with Gasteiger partial charge in [0.25, 0.3) is 0 Å². The summed E-state index contributed by atoms with van der Waals surface area (Å²) in [5.74, 6) is 0. The summed E-state index contributed by atoms with van der Waals surface area (Å²) in [5.41, 5.74) is 0. The van der Waals surface area contributed by atoms with Crippen molar-refractivity contribution in [2.45, 2.75) is 32.0 Å². The predicted molar refractivity (Wildman–Crippen MR) is 36.5 cm³/mol. The summed E-state index contributed by atoms with van der Waals surface area (Å²) in [6.07, 6.45) is 2.42. The predicted octanol–water partition coefficient (Wildman–Crippen LogP) is 1.13. The average molecular weight is 146 g/mol. The summed E-state index contributed by atoms with van der Waals surface area (Å²) in [6.45, 7) is 2.76. The Morgan fingerprint density at radius 2 is 2.30 bits per heavy atom. The monoisotopic (exact) mass is 146 g/mol. The maximum absolute atomic E-state index is 4.99. The van der Waals surface area contributed by atoms with Crippen LogP contribution in [0.4, 0.5) is 0 Å². The highest BCUT2D eigenvalue weighted by Crippen LogP contribution is 2.18. The van der Waals surface area contributed by atoms with Crippen LogP contribution < -0.4 is 0 Å². The van der Waals surface area contributed by atoms with Crippen LogP contribution in [0.5, 0.6) is 0 Å². The quantitative estimate of drug-likeness (QED) is 0.559. The molecule has 0 aromatic rings. The third-order valence-corrected chi connectivity index (χ3v) is 1.59. The first kappa shape index (κ1) is 7.98. The van der Waals surface area contributed by atoms with Crippen LogP contribution >= 0.6 is 0 Å². The lowest BCUT2D eigenvalue weighted by Crippen LogP contribution is -2.08. The SMILES string of the molecule is COCCC1CC(C)OO1. The number of hydrogen-bond donors (Lipinski definition) is 0. The zero-order valence-corrected chi connectivity index (χ0v) is 6.50. The number of ether oxygens (including phenoxy) is 1. The van der Waals surface area contributed by atoms with Crippen molar-refractivity contribution < 1.29 is 14.5 Å². The summed E-state index contributed by atoms with van der Waals surface area (Å²) in [4.78, 5) is 9.89. The topological polar surface area (TPSA) is 27.7 Å². The van der Waals surface area contributed by atoms with E-state index in [1.54, 1.807) is 7.11 Å². The minimum atomic E-state index is 0.245. The molecule has 10 heavy (non-hydrogen) atoms. The third-order valence-electron chi connectivity index (χ3n) is 1.59. The molecule has 0 spiro atoms. The van der Waals surface area contributed by atoms with E-state index in [0.29, 0.717) is 0 Å². The Kier molecular flexibility index (Phi) is 3.12. The van der Waals surface area contributed by atoms with E-state index in [2.05, 4.69) is 0 Å². The lowest BCUT2D eigenvalue weighted by Gasteiger charge is -2.03. The molecule has 2 atom stereocenters. The fourth-order valence-corrected chi connectivity index (χ4v) is 1.04. The van der Waals surface area contributed by atoms with Gasteiger partial charge in [0.1, 0.15) is 0 Å². The van der Waals surface area contributed by atoms with E-state index < -0.39 is 0 Å². The Labute approximate surface area is 61.2 Å².